The van der Waals surface area contributed by atoms with Crippen molar-refractivity contribution in [1.29, 1.82) is 0 Å². The molecule has 3 aromatic carbocycles. The first-order valence-corrected chi connectivity index (χ1v) is 11.0. The van der Waals surface area contributed by atoms with Gasteiger partial charge >= 0.3 is 0 Å². The molecule has 8 nitrogen and oxygen atoms in total. The molecule has 31 heavy (non-hydrogen) atoms. The number of aromatic hydroxyl groups is 1. The predicted molar refractivity (Wildman–Crippen MR) is 119 cm³/mol. The van der Waals surface area contributed by atoms with Crippen molar-refractivity contribution >= 4 is 33.0 Å². The highest BCUT2D eigenvalue weighted by atomic mass is 32.2. The van der Waals surface area contributed by atoms with Crippen LogP contribution in [0.3, 0.4) is 0 Å². The van der Waals surface area contributed by atoms with Crippen LogP contribution in [0.1, 0.15) is 16.7 Å². The number of phenolic OH excluding ortho intramolecular Hbond substituents is 1. The number of amides is 1. The summed E-state index contributed by atoms with van der Waals surface area (Å²) >= 11 is 0. The van der Waals surface area contributed by atoms with Crippen LogP contribution >= 0.6 is 0 Å². The van der Waals surface area contributed by atoms with Gasteiger partial charge < -0.3 is 10.4 Å². The van der Waals surface area contributed by atoms with Gasteiger partial charge in [0, 0.05) is 5.56 Å². The molecule has 0 saturated heterocycles. The maximum Gasteiger partial charge on any atom is 0.276 e. The third-order valence-corrected chi connectivity index (χ3v) is 5.88. The summed E-state index contributed by atoms with van der Waals surface area (Å²) in [5, 5.41) is 21.6. The fraction of sp³-hybridized carbons (Fsp3) is 0.0909. The van der Waals surface area contributed by atoms with Crippen molar-refractivity contribution in [2.45, 2.75) is 17.7 Å². The van der Waals surface area contributed by atoms with Crippen molar-refractivity contribution in [2.75, 3.05) is 10.7 Å². The van der Waals surface area contributed by atoms with Crippen LogP contribution in [-0.4, -0.2) is 25.1 Å². The van der Waals surface area contributed by atoms with Crippen molar-refractivity contribution < 1.29 is 18.3 Å². The van der Waals surface area contributed by atoms with Gasteiger partial charge in [-0.25, -0.2) is 13.6 Å². The smallest absolute Gasteiger partial charge is 0.276 e. The number of primary sulfonamides is 1. The van der Waals surface area contributed by atoms with Gasteiger partial charge in [-0.2, -0.15) is 5.10 Å². The topological polar surface area (TPSA) is 134 Å². The molecule has 0 fully saturated rings. The second-order valence-corrected chi connectivity index (χ2v) is 8.66. The molecule has 1 amide bonds. The van der Waals surface area contributed by atoms with E-state index >= 15 is 0 Å². The van der Waals surface area contributed by atoms with Gasteiger partial charge in [-0.3, -0.25) is 10.2 Å². The fourth-order valence-corrected chi connectivity index (χ4v) is 3.89. The number of hydrogen-bond donors (Lipinski definition) is 4. The molecule has 0 atom stereocenters. The lowest BCUT2D eigenvalue weighted by Crippen LogP contribution is -2.17. The molecule has 1 aliphatic heterocycles. The second-order valence-electron chi connectivity index (χ2n) is 7.10. The average molecular weight is 436 g/mol. The van der Waals surface area contributed by atoms with E-state index in [2.05, 4.69) is 15.8 Å². The highest BCUT2D eigenvalue weighted by Crippen LogP contribution is 2.28. The molecular weight excluding hydrogens is 416 g/mol. The summed E-state index contributed by atoms with van der Waals surface area (Å²) in [5.41, 5.74) is 7.04. The van der Waals surface area contributed by atoms with Crippen LogP contribution in [0.4, 0.5) is 11.4 Å². The van der Waals surface area contributed by atoms with E-state index in [1.165, 1.54) is 24.3 Å². The van der Waals surface area contributed by atoms with E-state index in [9.17, 15) is 18.3 Å². The minimum Gasteiger partial charge on any atom is -0.508 e. The molecule has 0 saturated carbocycles. The quantitative estimate of drug-likeness (QED) is 0.441. The first-order chi connectivity index (χ1) is 14.8. The van der Waals surface area contributed by atoms with Crippen molar-refractivity contribution in [1.82, 2.24) is 0 Å². The number of anilines is 2. The van der Waals surface area contributed by atoms with E-state index < -0.39 is 10.0 Å². The lowest BCUT2D eigenvalue weighted by atomic mass is 9.97. The Morgan fingerprint density at radius 2 is 1.68 bits per heavy atom. The number of rotatable bonds is 6. The number of carbonyl (C=O) groups excluding carboxylic acids is 1. The van der Waals surface area contributed by atoms with E-state index in [0.717, 1.165) is 23.1 Å². The normalized spacial score (nSPS) is 14.4. The molecule has 4 rings (SSSR count). The minimum absolute atomic E-state index is 0.00817. The number of carbonyl (C=O) groups is 1. The number of phenols is 1. The molecule has 0 radical (unpaired) electrons. The van der Waals surface area contributed by atoms with Gasteiger partial charge in [-0.15, -0.1) is 0 Å². The number of nitrogens with zero attached hydrogens (tertiary/aromatic N) is 1. The second kappa shape index (κ2) is 8.21. The molecule has 0 bridgehead atoms. The Kier molecular flexibility index (Phi) is 5.45. The van der Waals surface area contributed by atoms with E-state index in [1.54, 1.807) is 12.1 Å². The third-order valence-electron chi connectivity index (χ3n) is 4.95. The minimum atomic E-state index is -3.78. The van der Waals surface area contributed by atoms with Crippen molar-refractivity contribution in [3.63, 3.8) is 0 Å². The highest BCUT2D eigenvalue weighted by molar-refractivity contribution is 7.89. The maximum atomic E-state index is 12.5. The Hall–Kier alpha value is -3.69. The third kappa shape index (κ3) is 4.57. The SMILES string of the molecule is NS(=O)(=O)c1ccc(N/N=C2\C(=O)Nc3cccc(CCc4ccc(O)cc4)c32)cc1. The monoisotopic (exact) mass is 436 g/mol. The number of nitrogens with two attached hydrogens (primary N) is 1. The van der Waals surface area contributed by atoms with Crippen LogP contribution in [0.5, 0.6) is 5.75 Å². The van der Waals surface area contributed by atoms with Crippen LogP contribution in [0.25, 0.3) is 0 Å². The zero-order chi connectivity index (χ0) is 22.0. The average Bonchev–Trinajstić information content (AvgIpc) is 3.07. The summed E-state index contributed by atoms with van der Waals surface area (Å²) in [5.74, 6) is -0.0996. The fourth-order valence-electron chi connectivity index (χ4n) is 3.38. The lowest BCUT2D eigenvalue weighted by Gasteiger charge is -2.09. The Balaban J connectivity index is 1.57. The Bertz CT molecular complexity index is 1270. The first-order valence-electron chi connectivity index (χ1n) is 9.49. The summed E-state index contributed by atoms with van der Waals surface area (Å²) < 4.78 is 22.7. The van der Waals surface area contributed by atoms with Crippen LogP contribution in [0.2, 0.25) is 0 Å². The van der Waals surface area contributed by atoms with Gasteiger partial charge in [-0.05, 0) is 66.4 Å². The van der Waals surface area contributed by atoms with Crippen LogP contribution in [0.15, 0.2) is 76.7 Å². The van der Waals surface area contributed by atoms with E-state index in [-0.39, 0.29) is 22.3 Å². The van der Waals surface area contributed by atoms with Crippen LogP contribution in [-0.2, 0) is 27.7 Å². The van der Waals surface area contributed by atoms with Crippen molar-refractivity contribution in [2.24, 2.45) is 10.2 Å². The Labute approximate surface area is 179 Å². The first kappa shape index (κ1) is 20.6. The van der Waals surface area contributed by atoms with Crippen LogP contribution < -0.4 is 15.9 Å². The van der Waals surface area contributed by atoms with Gasteiger partial charge in [0.2, 0.25) is 10.0 Å². The van der Waals surface area contributed by atoms with Gasteiger partial charge in [-0.1, -0.05) is 24.3 Å². The molecule has 1 heterocycles. The Morgan fingerprint density at radius 1 is 0.968 bits per heavy atom. The van der Waals surface area contributed by atoms with Crippen LogP contribution in [0, 0.1) is 0 Å². The summed E-state index contributed by atoms with van der Waals surface area (Å²) in [6.45, 7) is 0. The molecule has 5 N–H and O–H groups in total. The van der Waals surface area contributed by atoms with Gasteiger partial charge in [0.25, 0.3) is 5.91 Å². The number of sulfonamides is 1. The predicted octanol–water partition coefficient (Wildman–Crippen LogP) is 2.59. The lowest BCUT2D eigenvalue weighted by molar-refractivity contribution is -0.110. The molecule has 3 aromatic rings. The van der Waals surface area contributed by atoms with E-state index in [4.69, 9.17) is 5.14 Å². The molecular formula is C22H20N4O4S. The number of aryl methyl sites for hydroxylation is 2. The highest BCUT2D eigenvalue weighted by Gasteiger charge is 2.28. The number of nitrogens with one attached hydrogen (secondary N) is 2. The van der Waals surface area contributed by atoms with E-state index in [1.807, 2.05) is 30.3 Å². The summed E-state index contributed by atoms with van der Waals surface area (Å²) in [7, 11) is -3.78. The standard InChI is InChI=1S/C22H20N4O4S/c23-31(29,30)18-12-8-16(9-13-18)25-26-21-20-15(2-1-3-19(20)24-22(21)28)7-4-14-5-10-17(27)11-6-14/h1-3,5-6,8-13,25,27H,4,7H2,(H2,23,29,30)(H,24,26,28). The maximum absolute atomic E-state index is 12.5. The molecule has 0 spiro atoms. The molecule has 9 heteroatoms. The Morgan fingerprint density at radius 3 is 2.35 bits per heavy atom. The van der Waals surface area contributed by atoms with Gasteiger partial charge in [0.15, 0.2) is 5.71 Å². The summed E-state index contributed by atoms with van der Waals surface area (Å²) in [6.07, 6.45) is 1.42. The number of hydrazone groups is 1. The zero-order valence-electron chi connectivity index (χ0n) is 16.4. The van der Waals surface area contributed by atoms with Crippen molar-refractivity contribution in [3.05, 3.63) is 83.4 Å². The summed E-state index contributed by atoms with van der Waals surface area (Å²) in [6, 6.07) is 18.5. The molecule has 1 aliphatic rings. The van der Waals surface area contributed by atoms with E-state index in [0.29, 0.717) is 17.8 Å². The van der Waals surface area contributed by atoms with Crippen molar-refractivity contribution in [3.8, 4) is 5.75 Å². The zero-order valence-corrected chi connectivity index (χ0v) is 17.2. The molecule has 0 aromatic heterocycles. The summed E-state index contributed by atoms with van der Waals surface area (Å²) in [4.78, 5) is 12.5. The van der Waals surface area contributed by atoms with Gasteiger partial charge in [0.1, 0.15) is 5.75 Å². The number of hydrogen-bond acceptors (Lipinski definition) is 6. The number of benzene rings is 3. The molecule has 0 unspecified atom stereocenters. The molecule has 0 aliphatic carbocycles. The number of fused-ring (bicyclic) bond motifs is 1. The van der Waals surface area contributed by atoms with Gasteiger partial charge in [0.05, 0.1) is 16.3 Å². The molecule has 158 valence electrons. The largest absolute Gasteiger partial charge is 0.508 e.